The molecule has 0 radical (unpaired) electrons. The molecule has 0 saturated heterocycles. The summed E-state index contributed by atoms with van der Waals surface area (Å²) in [5, 5.41) is 0. The lowest BCUT2D eigenvalue weighted by atomic mass is 10.1. The van der Waals surface area contributed by atoms with Crippen LogP contribution < -0.4 is 4.52 Å². The van der Waals surface area contributed by atoms with E-state index < -0.39 is 16.6 Å². The number of rotatable bonds is 11. The van der Waals surface area contributed by atoms with Gasteiger partial charge in [-0.1, -0.05) is 56.7 Å². The third-order valence-corrected chi connectivity index (χ3v) is 11.2. The predicted octanol–water partition coefficient (Wildman–Crippen LogP) is 7.35. The van der Waals surface area contributed by atoms with E-state index in [-0.39, 0.29) is 34.4 Å². The molecule has 0 aliphatic heterocycles. The number of hydrogen-bond acceptors (Lipinski definition) is 7. The molecular weight excluding hydrogens is 515 g/mol. The van der Waals surface area contributed by atoms with E-state index in [2.05, 4.69) is 6.92 Å². The minimum Gasteiger partial charge on any atom is -0.417 e. The predicted molar refractivity (Wildman–Crippen MR) is 144 cm³/mol. The van der Waals surface area contributed by atoms with Gasteiger partial charge in [0, 0.05) is 33.0 Å². The van der Waals surface area contributed by atoms with Crippen LogP contribution in [-0.2, 0) is 25.3 Å². The second-order valence-corrected chi connectivity index (χ2v) is 14.4. The maximum Gasteiger partial charge on any atom is 0.444 e. The van der Waals surface area contributed by atoms with Crippen molar-refractivity contribution in [3.63, 3.8) is 0 Å². The monoisotopic (exact) mass is 544 g/mol. The molecule has 0 aromatic heterocycles. The standard InChI is InChI=1S/C27H29O6PS2/c1-4-9-19-12-14-21(15-13-19)35-34(29,32-6-3)33-20-17-24-26(25(18-20)36(30,31)16-5-2)22-10-7-8-11-23(22)27(24)28/h7-8,10-15,17-18H,4-6,9,16H2,1-3H3. The molecule has 0 heterocycles. The molecule has 0 saturated carbocycles. The minimum absolute atomic E-state index is 0.00659. The van der Waals surface area contributed by atoms with Crippen LogP contribution in [0, 0.1) is 0 Å². The van der Waals surface area contributed by atoms with Gasteiger partial charge in [-0.25, -0.2) is 13.0 Å². The molecular formula is C27H29O6PS2. The third-order valence-electron chi connectivity index (χ3n) is 5.75. The lowest BCUT2D eigenvalue weighted by molar-refractivity contribution is 0.104. The van der Waals surface area contributed by atoms with E-state index in [9.17, 15) is 17.8 Å². The molecule has 1 aliphatic carbocycles. The number of hydrogen-bond donors (Lipinski definition) is 0. The highest BCUT2D eigenvalue weighted by Crippen LogP contribution is 2.63. The van der Waals surface area contributed by atoms with E-state index in [0.29, 0.717) is 28.0 Å². The highest BCUT2D eigenvalue weighted by molar-refractivity contribution is 8.55. The van der Waals surface area contributed by atoms with Crippen LogP contribution in [0.15, 0.2) is 70.5 Å². The van der Waals surface area contributed by atoms with Crippen molar-refractivity contribution in [2.45, 2.75) is 49.8 Å². The molecule has 1 aliphatic rings. The average molecular weight is 545 g/mol. The molecule has 9 heteroatoms. The molecule has 4 rings (SSSR count). The third kappa shape index (κ3) is 5.47. The van der Waals surface area contributed by atoms with E-state index in [1.807, 2.05) is 24.3 Å². The second kappa shape index (κ2) is 10.9. The summed E-state index contributed by atoms with van der Waals surface area (Å²) in [4.78, 5) is 13.9. The van der Waals surface area contributed by atoms with Gasteiger partial charge < -0.3 is 4.52 Å². The van der Waals surface area contributed by atoms with Gasteiger partial charge in [-0.15, -0.1) is 0 Å². The number of aryl methyl sites for hydroxylation is 1. The fourth-order valence-corrected chi connectivity index (χ4v) is 9.17. The van der Waals surface area contributed by atoms with Gasteiger partial charge in [-0.2, -0.15) is 0 Å². The van der Waals surface area contributed by atoms with Gasteiger partial charge in [-0.3, -0.25) is 9.32 Å². The van der Waals surface area contributed by atoms with Gasteiger partial charge in [0.15, 0.2) is 15.6 Å². The largest absolute Gasteiger partial charge is 0.444 e. The molecule has 1 unspecified atom stereocenters. The van der Waals surface area contributed by atoms with Crippen LogP contribution in [0.2, 0.25) is 0 Å². The first kappa shape index (κ1) is 26.7. The first-order valence-electron chi connectivity index (χ1n) is 12.0. The van der Waals surface area contributed by atoms with Crippen molar-refractivity contribution >= 4 is 33.8 Å². The summed E-state index contributed by atoms with van der Waals surface area (Å²) < 4.78 is 51.7. The Balaban J connectivity index is 1.76. The number of benzene rings is 3. The molecule has 190 valence electrons. The average Bonchev–Trinajstić information content (AvgIpc) is 3.12. The Morgan fingerprint density at radius 1 is 0.889 bits per heavy atom. The topological polar surface area (TPSA) is 86.7 Å². The Morgan fingerprint density at radius 3 is 2.22 bits per heavy atom. The number of ketones is 1. The fourth-order valence-electron chi connectivity index (χ4n) is 4.26. The zero-order valence-electron chi connectivity index (χ0n) is 20.5. The maximum atomic E-state index is 13.7. The number of sulfone groups is 1. The lowest BCUT2D eigenvalue weighted by Crippen LogP contribution is -2.09. The highest BCUT2D eigenvalue weighted by Gasteiger charge is 2.35. The van der Waals surface area contributed by atoms with Crippen molar-refractivity contribution < 1.29 is 26.8 Å². The van der Waals surface area contributed by atoms with Crippen molar-refractivity contribution in [3.05, 3.63) is 77.4 Å². The Hall–Kier alpha value is -2.38. The Kier molecular flexibility index (Phi) is 8.10. The molecule has 3 aromatic carbocycles. The maximum absolute atomic E-state index is 13.7. The van der Waals surface area contributed by atoms with Crippen LogP contribution in [0.4, 0.5) is 0 Å². The summed E-state index contributed by atoms with van der Waals surface area (Å²) in [7, 11) is -3.73. The van der Waals surface area contributed by atoms with Crippen molar-refractivity contribution in [3.8, 4) is 16.9 Å². The van der Waals surface area contributed by atoms with Crippen molar-refractivity contribution in [1.82, 2.24) is 0 Å². The van der Waals surface area contributed by atoms with E-state index in [1.54, 1.807) is 38.1 Å². The van der Waals surface area contributed by atoms with Crippen molar-refractivity contribution in [1.29, 1.82) is 0 Å². The first-order chi connectivity index (χ1) is 17.2. The van der Waals surface area contributed by atoms with Crippen LogP contribution in [0.1, 0.15) is 55.1 Å². The van der Waals surface area contributed by atoms with Crippen LogP contribution in [0.3, 0.4) is 0 Å². The molecule has 0 bridgehead atoms. The van der Waals surface area contributed by atoms with E-state index >= 15 is 0 Å². The molecule has 0 amide bonds. The molecule has 6 nitrogen and oxygen atoms in total. The Morgan fingerprint density at radius 2 is 1.58 bits per heavy atom. The summed E-state index contributed by atoms with van der Waals surface area (Å²) in [6.07, 6.45) is 2.39. The quantitative estimate of drug-likeness (QED) is 0.182. The number of carbonyl (C=O) groups excluding carboxylic acids is 1. The van der Waals surface area contributed by atoms with Crippen LogP contribution in [-0.4, -0.2) is 26.6 Å². The van der Waals surface area contributed by atoms with E-state index in [0.717, 1.165) is 24.2 Å². The van der Waals surface area contributed by atoms with Crippen LogP contribution in [0.5, 0.6) is 5.75 Å². The van der Waals surface area contributed by atoms with Gasteiger partial charge in [0.2, 0.25) is 0 Å². The molecule has 36 heavy (non-hydrogen) atoms. The normalized spacial score (nSPS) is 14.2. The van der Waals surface area contributed by atoms with Crippen LogP contribution >= 0.6 is 18.2 Å². The smallest absolute Gasteiger partial charge is 0.417 e. The zero-order valence-corrected chi connectivity index (χ0v) is 23.0. The van der Waals surface area contributed by atoms with Crippen molar-refractivity contribution in [2.75, 3.05) is 12.4 Å². The Labute approximate surface area is 216 Å². The minimum atomic E-state index is -3.79. The molecule has 1 atom stereocenters. The van der Waals surface area contributed by atoms with Gasteiger partial charge in [0.05, 0.1) is 17.3 Å². The lowest BCUT2D eigenvalue weighted by Gasteiger charge is -2.19. The van der Waals surface area contributed by atoms with Crippen molar-refractivity contribution in [2.24, 2.45) is 0 Å². The molecule has 0 spiro atoms. The number of carbonyl (C=O) groups is 1. The van der Waals surface area contributed by atoms with Gasteiger partial charge >= 0.3 is 6.80 Å². The van der Waals surface area contributed by atoms with Gasteiger partial charge in [0.25, 0.3) is 0 Å². The zero-order chi connectivity index (χ0) is 25.9. The molecule has 0 N–H and O–H groups in total. The fraction of sp³-hybridized carbons (Fsp3) is 0.296. The van der Waals surface area contributed by atoms with Crippen LogP contribution in [0.25, 0.3) is 11.1 Å². The second-order valence-electron chi connectivity index (χ2n) is 8.48. The summed E-state index contributed by atoms with van der Waals surface area (Å²) in [6, 6.07) is 17.5. The molecule has 3 aromatic rings. The first-order valence-corrected chi connectivity index (χ1v) is 16.6. The summed E-state index contributed by atoms with van der Waals surface area (Å²) in [6.45, 7) is 1.94. The van der Waals surface area contributed by atoms with Gasteiger partial charge in [-0.05, 0) is 55.2 Å². The SMILES string of the molecule is CCCc1ccc(SP(=O)(OCC)Oc2cc3c(c(S(=O)(=O)CCC)c2)-c2ccccc2C3=O)cc1. The Bertz CT molecular complexity index is 1430. The highest BCUT2D eigenvalue weighted by atomic mass is 32.7. The van der Waals surface area contributed by atoms with Gasteiger partial charge in [0.1, 0.15) is 5.75 Å². The summed E-state index contributed by atoms with van der Waals surface area (Å²) >= 11 is 0.959. The molecule has 0 fully saturated rings. The number of fused-ring (bicyclic) bond motifs is 3. The van der Waals surface area contributed by atoms with E-state index in [1.165, 1.54) is 17.7 Å². The van der Waals surface area contributed by atoms with E-state index in [4.69, 9.17) is 9.05 Å². The summed E-state index contributed by atoms with van der Waals surface area (Å²) in [5.74, 6) is -0.345. The summed E-state index contributed by atoms with van der Waals surface area (Å²) in [5.41, 5.74) is 2.79.